The summed E-state index contributed by atoms with van der Waals surface area (Å²) in [6.07, 6.45) is 4.44. The Hall–Kier alpha value is -1.75. The maximum absolute atomic E-state index is 8.65. The summed E-state index contributed by atoms with van der Waals surface area (Å²) in [4.78, 5) is 0. The van der Waals surface area contributed by atoms with Crippen molar-refractivity contribution in [1.29, 1.82) is 5.26 Å². The molecule has 0 unspecified atom stereocenters. The summed E-state index contributed by atoms with van der Waals surface area (Å²) in [5.74, 6) is 1.54. The molecule has 0 atom stereocenters. The first kappa shape index (κ1) is 12.3. The van der Waals surface area contributed by atoms with Crippen molar-refractivity contribution in [3.63, 3.8) is 0 Å². The fourth-order valence-corrected chi connectivity index (χ4v) is 1.33. The van der Waals surface area contributed by atoms with Crippen molar-refractivity contribution in [2.24, 2.45) is 0 Å². The number of nitrogens with zero attached hydrogens (tertiary/aromatic N) is 1. The lowest BCUT2D eigenvalue weighted by Crippen LogP contribution is -1.95. The van der Waals surface area contributed by atoms with Crippen LogP contribution in [0, 0.1) is 18.3 Å². The second kappa shape index (κ2) is 6.68. The molecule has 0 amide bonds. The summed E-state index contributed by atoms with van der Waals surface area (Å²) in [6.45, 7) is 4.16. The molecule has 0 saturated heterocycles. The normalized spacial score (nSPS) is 10.9. The lowest BCUT2D eigenvalue weighted by atomic mass is 10.2. The van der Waals surface area contributed by atoms with Crippen LogP contribution in [0.15, 0.2) is 36.1 Å². The SMILES string of the molecule is CCCC/C(=C/C#N)Oc1ccc(C)cc1. The number of unbranched alkanes of at least 4 members (excludes halogenated alkanes) is 1. The Morgan fingerprint density at radius 3 is 2.62 bits per heavy atom. The van der Waals surface area contributed by atoms with Crippen LogP contribution in [0.5, 0.6) is 5.75 Å². The fourth-order valence-electron chi connectivity index (χ4n) is 1.33. The van der Waals surface area contributed by atoms with Gasteiger partial charge in [-0.15, -0.1) is 0 Å². The third-order valence-corrected chi connectivity index (χ3v) is 2.27. The minimum atomic E-state index is 0.744. The van der Waals surface area contributed by atoms with Crippen LogP contribution in [0.4, 0.5) is 0 Å². The molecule has 16 heavy (non-hydrogen) atoms. The van der Waals surface area contributed by atoms with Crippen LogP contribution >= 0.6 is 0 Å². The smallest absolute Gasteiger partial charge is 0.126 e. The van der Waals surface area contributed by atoms with Crippen molar-refractivity contribution >= 4 is 0 Å². The highest BCUT2D eigenvalue weighted by molar-refractivity contribution is 5.28. The Morgan fingerprint density at radius 2 is 2.06 bits per heavy atom. The fraction of sp³-hybridized carbons (Fsp3) is 0.357. The molecule has 0 radical (unpaired) electrons. The highest BCUT2D eigenvalue weighted by atomic mass is 16.5. The summed E-state index contributed by atoms with van der Waals surface area (Å²) in [5, 5.41) is 8.65. The molecular weight excluding hydrogens is 198 g/mol. The first-order valence-corrected chi connectivity index (χ1v) is 5.59. The van der Waals surface area contributed by atoms with E-state index in [9.17, 15) is 0 Å². The molecule has 2 heteroatoms. The second-order valence-electron chi connectivity index (χ2n) is 3.76. The summed E-state index contributed by atoms with van der Waals surface area (Å²) in [5.41, 5.74) is 1.20. The van der Waals surface area contributed by atoms with E-state index in [0.29, 0.717) is 0 Å². The highest BCUT2D eigenvalue weighted by Crippen LogP contribution is 2.17. The minimum Gasteiger partial charge on any atom is -0.461 e. The van der Waals surface area contributed by atoms with Gasteiger partial charge in [0.05, 0.1) is 12.1 Å². The number of rotatable bonds is 5. The van der Waals surface area contributed by atoms with Crippen molar-refractivity contribution in [3.05, 3.63) is 41.7 Å². The van der Waals surface area contributed by atoms with E-state index < -0.39 is 0 Å². The van der Waals surface area contributed by atoms with E-state index in [1.165, 1.54) is 11.6 Å². The monoisotopic (exact) mass is 215 g/mol. The molecule has 1 aromatic carbocycles. The zero-order chi connectivity index (χ0) is 11.8. The average Bonchev–Trinajstić information content (AvgIpc) is 2.29. The number of hydrogen-bond acceptors (Lipinski definition) is 2. The lowest BCUT2D eigenvalue weighted by molar-refractivity contribution is 0.398. The van der Waals surface area contributed by atoms with E-state index in [-0.39, 0.29) is 0 Å². The minimum absolute atomic E-state index is 0.744. The number of ether oxygens (including phenoxy) is 1. The molecule has 1 rings (SSSR count). The third kappa shape index (κ3) is 4.18. The van der Waals surface area contributed by atoms with Crippen LogP contribution in [-0.4, -0.2) is 0 Å². The Kier molecular flexibility index (Phi) is 5.15. The Balaban J connectivity index is 2.65. The van der Waals surface area contributed by atoms with Crippen LogP contribution in [0.2, 0.25) is 0 Å². The summed E-state index contributed by atoms with van der Waals surface area (Å²) >= 11 is 0. The van der Waals surface area contributed by atoms with Gasteiger partial charge >= 0.3 is 0 Å². The molecule has 0 saturated carbocycles. The third-order valence-electron chi connectivity index (χ3n) is 2.27. The molecule has 0 aliphatic rings. The van der Waals surface area contributed by atoms with Gasteiger partial charge in [0.25, 0.3) is 0 Å². The molecule has 0 spiro atoms. The first-order valence-electron chi connectivity index (χ1n) is 5.59. The molecule has 0 aliphatic carbocycles. The second-order valence-corrected chi connectivity index (χ2v) is 3.76. The quantitative estimate of drug-likeness (QED) is 0.550. The molecule has 0 heterocycles. The molecule has 0 N–H and O–H groups in total. The zero-order valence-electron chi connectivity index (χ0n) is 9.86. The number of allylic oxidation sites excluding steroid dienone is 2. The Labute approximate surface area is 97.2 Å². The number of benzene rings is 1. The van der Waals surface area contributed by atoms with Gasteiger partial charge in [-0.1, -0.05) is 31.0 Å². The van der Waals surface area contributed by atoms with Crippen molar-refractivity contribution in [3.8, 4) is 11.8 Å². The number of nitriles is 1. The lowest BCUT2D eigenvalue weighted by Gasteiger charge is -2.08. The maximum Gasteiger partial charge on any atom is 0.126 e. The summed E-state index contributed by atoms with van der Waals surface area (Å²) < 4.78 is 5.65. The summed E-state index contributed by atoms with van der Waals surface area (Å²) in [7, 11) is 0. The molecule has 0 bridgehead atoms. The predicted molar refractivity (Wildman–Crippen MR) is 65.0 cm³/mol. The molecular formula is C14H17NO. The van der Waals surface area contributed by atoms with Crippen LogP contribution in [-0.2, 0) is 0 Å². The van der Waals surface area contributed by atoms with E-state index in [4.69, 9.17) is 10.00 Å². The van der Waals surface area contributed by atoms with E-state index in [0.717, 1.165) is 30.8 Å². The molecule has 84 valence electrons. The largest absolute Gasteiger partial charge is 0.461 e. The molecule has 0 aliphatic heterocycles. The van der Waals surface area contributed by atoms with E-state index in [2.05, 4.69) is 6.92 Å². The highest BCUT2D eigenvalue weighted by Gasteiger charge is 2.00. The average molecular weight is 215 g/mol. The van der Waals surface area contributed by atoms with Gasteiger partial charge in [0.2, 0.25) is 0 Å². The van der Waals surface area contributed by atoms with Crippen molar-refractivity contribution in [2.45, 2.75) is 33.1 Å². The molecule has 2 nitrogen and oxygen atoms in total. The van der Waals surface area contributed by atoms with E-state index in [1.807, 2.05) is 37.3 Å². The number of aryl methyl sites for hydroxylation is 1. The standard InChI is InChI=1S/C14H17NO/c1-3-4-5-13(10-11-15)16-14-8-6-12(2)7-9-14/h6-10H,3-5H2,1-2H3/b13-10-. The van der Waals surface area contributed by atoms with Crippen LogP contribution in [0.25, 0.3) is 0 Å². The van der Waals surface area contributed by atoms with Gasteiger partial charge in [0, 0.05) is 6.42 Å². The molecule has 0 aromatic heterocycles. The molecule has 0 fully saturated rings. The first-order chi connectivity index (χ1) is 7.76. The van der Waals surface area contributed by atoms with Gasteiger partial charge in [-0.25, -0.2) is 0 Å². The van der Waals surface area contributed by atoms with E-state index in [1.54, 1.807) is 0 Å². The van der Waals surface area contributed by atoms with Crippen LogP contribution in [0.3, 0.4) is 0 Å². The zero-order valence-corrected chi connectivity index (χ0v) is 9.86. The van der Waals surface area contributed by atoms with Crippen molar-refractivity contribution in [1.82, 2.24) is 0 Å². The number of hydrogen-bond donors (Lipinski definition) is 0. The molecule has 1 aromatic rings. The topological polar surface area (TPSA) is 33.0 Å². The van der Waals surface area contributed by atoms with E-state index >= 15 is 0 Å². The summed E-state index contributed by atoms with van der Waals surface area (Å²) in [6, 6.07) is 9.87. The van der Waals surface area contributed by atoms with Gasteiger partial charge in [-0.2, -0.15) is 5.26 Å². The van der Waals surface area contributed by atoms with Crippen LogP contribution in [0.1, 0.15) is 31.7 Å². The van der Waals surface area contributed by atoms with Crippen molar-refractivity contribution < 1.29 is 4.74 Å². The van der Waals surface area contributed by atoms with Gasteiger partial charge in [-0.05, 0) is 25.5 Å². The van der Waals surface area contributed by atoms with Gasteiger partial charge in [-0.3, -0.25) is 0 Å². The predicted octanol–water partition coefficient (Wildman–Crippen LogP) is 3.97. The Bertz CT molecular complexity index is 384. The van der Waals surface area contributed by atoms with Gasteiger partial charge in [0.15, 0.2) is 0 Å². The maximum atomic E-state index is 8.65. The Morgan fingerprint density at radius 1 is 1.38 bits per heavy atom. The van der Waals surface area contributed by atoms with Crippen molar-refractivity contribution in [2.75, 3.05) is 0 Å². The van der Waals surface area contributed by atoms with Crippen LogP contribution < -0.4 is 4.74 Å². The van der Waals surface area contributed by atoms with Gasteiger partial charge < -0.3 is 4.74 Å². The van der Waals surface area contributed by atoms with Gasteiger partial charge in [0.1, 0.15) is 11.5 Å².